The second-order valence-corrected chi connectivity index (χ2v) is 11.2. The molecule has 226 valence electrons. The van der Waals surface area contributed by atoms with E-state index in [1.807, 2.05) is 0 Å². The summed E-state index contributed by atoms with van der Waals surface area (Å²) in [7, 11) is 5.09. The maximum absolute atomic E-state index is 14.2. The van der Waals surface area contributed by atoms with Crippen LogP contribution in [0.25, 0.3) is 6.08 Å². The summed E-state index contributed by atoms with van der Waals surface area (Å²) in [5.74, 6) is 0.376. The normalized spacial score (nSPS) is 17.4. The number of rotatable bonds is 8. The molecule has 0 spiro atoms. The molecule has 0 saturated carbocycles. The third-order valence-electron chi connectivity index (χ3n) is 7.60. The lowest BCUT2D eigenvalue weighted by Gasteiger charge is -2.34. The minimum absolute atomic E-state index is 0.0728. The van der Waals surface area contributed by atoms with Crippen LogP contribution in [-0.2, 0) is 9.53 Å². The molecule has 1 aromatic heterocycles. The molecule has 12 nitrogen and oxygen atoms in total. The molecule has 0 bridgehead atoms. The van der Waals surface area contributed by atoms with Gasteiger partial charge >= 0.3 is 5.97 Å². The molecular formula is C30H33N5O7S. The molecule has 3 aromatic rings. The van der Waals surface area contributed by atoms with Crippen molar-refractivity contribution in [3.8, 4) is 11.5 Å². The Labute approximate surface area is 251 Å². The highest BCUT2D eigenvalue weighted by Gasteiger charge is 2.35. The predicted octanol–water partition coefficient (Wildman–Crippen LogP) is 2.48. The van der Waals surface area contributed by atoms with E-state index in [1.54, 1.807) is 44.2 Å². The molecule has 2 aliphatic heterocycles. The number of hydrogen-bond donors (Lipinski definition) is 0. The lowest BCUT2D eigenvalue weighted by atomic mass is 9.94. The maximum atomic E-state index is 14.2. The molecule has 2 aromatic carbocycles. The minimum Gasteiger partial charge on any atom is -0.497 e. The van der Waals surface area contributed by atoms with Gasteiger partial charge in [0.05, 0.1) is 41.6 Å². The molecule has 1 atom stereocenters. The molecule has 1 fully saturated rings. The topological polar surface area (TPSA) is 129 Å². The standard InChI is InChI=1S/C30H33N5O7S/c1-6-42-29(37)26-18(2)31-30-34(27(26)22-17-21(40-4)8-10-24(22)41-5)28(36)25(43-30)16-19-15-20(35(38)39)7-9-23(19)33-13-11-32(3)12-14-33/h7-10,15-17,27H,6,11-14H2,1-5H3/b25-16+/t27-/m0/s1. The summed E-state index contributed by atoms with van der Waals surface area (Å²) in [5, 5.41) is 11.7. The fraction of sp³-hybridized carbons (Fsp3) is 0.367. The number of likely N-dealkylation sites (N-methyl/N-ethyl adjacent to an activating group) is 1. The number of esters is 1. The number of carbonyl (C=O) groups is 1. The number of nitro groups is 1. The van der Waals surface area contributed by atoms with Crippen LogP contribution in [0.15, 0.2) is 57.5 Å². The number of thiazole rings is 1. The number of benzene rings is 2. The smallest absolute Gasteiger partial charge is 0.338 e. The van der Waals surface area contributed by atoms with E-state index in [0.717, 1.165) is 43.2 Å². The van der Waals surface area contributed by atoms with Crippen LogP contribution in [0.3, 0.4) is 0 Å². The van der Waals surface area contributed by atoms with E-state index < -0.39 is 22.5 Å². The van der Waals surface area contributed by atoms with Crippen molar-refractivity contribution in [1.82, 2.24) is 9.47 Å². The van der Waals surface area contributed by atoms with Gasteiger partial charge < -0.3 is 24.0 Å². The Balaban J connectivity index is 1.74. The number of nitro benzene ring substituents is 1. The Morgan fingerprint density at radius 2 is 1.88 bits per heavy atom. The Morgan fingerprint density at radius 3 is 2.53 bits per heavy atom. The van der Waals surface area contributed by atoms with E-state index in [9.17, 15) is 19.7 Å². The summed E-state index contributed by atoms with van der Waals surface area (Å²) in [6.07, 6.45) is 1.67. The van der Waals surface area contributed by atoms with E-state index >= 15 is 0 Å². The first-order valence-electron chi connectivity index (χ1n) is 13.8. The lowest BCUT2D eigenvalue weighted by molar-refractivity contribution is -0.384. The number of anilines is 1. The van der Waals surface area contributed by atoms with Crippen molar-refractivity contribution in [3.05, 3.63) is 88.6 Å². The van der Waals surface area contributed by atoms with E-state index in [4.69, 9.17) is 14.2 Å². The molecule has 2 aliphatic rings. The number of methoxy groups -OCH3 is 2. The van der Waals surface area contributed by atoms with Crippen molar-refractivity contribution in [2.24, 2.45) is 4.99 Å². The Kier molecular flexibility index (Phi) is 8.64. The number of aromatic nitrogens is 1. The minimum atomic E-state index is -0.912. The molecule has 43 heavy (non-hydrogen) atoms. The highest BCUT2D eigenvalue weighted by molar-refractivity contribution is 7.07. The third-order valence-corrected chi connectivity index (χ3v) is 8.58. The number of fused-ring (bicyclic) bond motifs is 1. The second-order valence-electron chi connectivity index (χ2n) is 10.2. The van der Waals surface area contributed by atoms with Crippen LogP contribution < -0.4 is 29.3 Å². The monoisotopic (exact) mass is 607 g/mol. The molecule has 5 rings (SSSR count). The molecule has 1 saturated heterocycles. The van der Waals surface area contributed by atoms with Crippen LogP contribution in [0.4, 0.5) is 11.4 Å². The summed E-state index contributed by atoms with van der Waals surface area (Å²) in [6.45, 7) is 6.73. The van der Waals surface area contributed by atoms with Crippen molar-refractivity contribution in [2.45, 2.75) is 19.9 Å². The van der Waals surface area contributed by atoms with Crippen molar-refractivity contribution >= 4 is 34.8 Å². The summed E-state index contributed by atoms with van der Waals surface area (Å²) >= 11 is 1.15. The van der Waals surface area contributed by atoms with Gasteiger partial charge in [-0.1, -0.05) is 11.3 Å². The summed E-state index contributed by atoms with van der Waals surface area (Å²) in [6, 6.07) is 8.97. The predicted molar refractivity (Wildman–Crippen MR) is 163 cm³/mol. The number of allylic oxidation sites excluding steroid dienone is 1. The number of ether oxygens (including phenoxy) is 3. The number of piperazine rings is 1. The number of non-ortho nitro benzene ring substituents is 1. The number of nitrogens with zero attached hydrogens (tertiary/aromatic N) is 5. The van der Waals surface area contributed by atoms with Crippen LogP contribution in [-0.4, -0.2) is 74.4 Å². The van der Waals surface area contributed by atoms with Crippen molar-refractivity contribution in [1.29, 1.82) is 0 Å². The first kappa shape index (κ1) is 30.0. The zero-order valence-corrected chi connectivity index (χ0v) is 25.5. The van der Waals surface area contributed by atoms with E-state index in [-0.39, 0.29) is 17.9 Å². The lowest BCUT2D eigenvalue weighted by Crippen LogP contribution is -2.44. The number of carbonyl (C=O) groups excluding carboxylic acids is 1. The average molecular weight is 608 g/mol. The second kappa shape index (κ2) is 12.4. The van der Waals surface area contributed by atoms with Gasteiger partial charge in [0.2, 0.25) is 0 Å². The number of hydrogen-bond acceptors (Lipinski definition) is 11. The van der Waals surface area contributed by atoms with E-state index in [2.05, 4.69) is 21.8 Å². The van der Waals surface area contributed by atoms with Crippen LogP contribution in [0.2, 0.25) is 0 Å². The fourth-order valence-electron chi connectivity index (χ4n) is 5.39. The Bertz CT molecular complexity index is 1790. The van der Waals surface area contributed by atoms with Crippen LogP contribution in [0, 0.1) is 10.1 Å². The first-order chi connectivity index (χ1) is 20.7. The molecule has 0 aliphatic carbocycles. The highest BCUT2D eigenvalue weighted by Crippen LogP contribution is 2.38. The van der Waals surface area contributed by atoms with Crippen molar-refractivity contribution in [3.63, 3.8) is 0 Å². The summed E-state index contributed by atoms with van der Waals surface area (Å²) in [4.78, 5) is 48.2. The molecule has 0 N–H and O–H groups in total. The van der Waals surface area contributed by atoms with Gasteiger partial charge in [0.25, 0.3) is 11.2 Å². The van der Waals surface area contributed by atoms with Crippen molar-refractivity contribution in [2.75, 3.05) is 59.0 Å². The molecule has 0 amide bonds. The van der Waals surface area contributed by atoms with E-state index in [1.165, 1.54) is 30.9 Å². The average Bonchev–Trinajstić information content (AvgIpc) is 3.30. The van der Waals surface area contributed by atoms with E-state index in [0.29, 0.717) is 37.7 Å². The maximum Gasteiger partial charge on any atom is 0.338 e. The molecule has 0 radical (unpaired) electrons. The molecule has 13 heteroatoms. The molecule has 3 heterocycles. The fourth-order valence-corrected chi connectivity index (χ4v) is 6.42. The van der Waals surface area contributed by atoms with Gasteiger partial charge in [-0.05, 0) is 51.2 Å². The van der Waals surface area contributed by atoms with Gasteiger partial charge in [0.15, 0.2) is 4.80 Å². The molecular weight excluding hydrogens is 574 g/mol. The Hall–Kier alpha value is -4.49. The quantitative estimate of drug-likeness (QED) is 0.216. The highest BCUT2D eigenvalue weighted by atomic mass is 32.1. The van der Waals surface area contributed by atoms with Gasteiger partial charge in [-0.15, -0.1) is 0 Å². The largest absolute Gasteiger partial charge is 0.497 e. The van der Waals surface area contributed by atoms with Gasteiger partial charge in [-0.3, -0.25) is 19.5 Å². The summed E-state index contributed by atoms with van der Waals surface area (Å²) < 4.78 is 18.3. The van der Waals surface area contributed by atoms with Gasteiger partial charge in [0, 0.05) is 55.1 Å². The van der Waals surface area contributed by atoms with Gasteiger partial charge in [-0.2, -0.15) is 0 Å². The first-order valence-corrected chi connectivity index (χ1v) is 14.6. The zero-order chi connectivity index (χ0) is 30.8. The molecule has 0 unspecified atom stereocenters. The Morgan fingerprint density at radius 1 is 1.14 bits per heavy atom. The van der Waals surface area contributed by atoms with Gasteiger partial charge in [-0.25, -0.2) is 9.79 Å². The summed E-state index contributed by atoms with van der Waals surface area (Å²) in [5.41, 5.74) is 2.04. The third kappa shape index (κ3) is 5.77. The van der Waals surface area contributed by atoms with Crippen LogP contribution in [0.5, 0.6) is 11.5 Å². The zero-order valence-electron chi connectivity index (χ0n) is 24.7. The van der Waals surface area contributed by atoms with Gasteiger partial charge in [0.1, 0.15) is 17.5 Å². The SMILES string of the molecule is CCOC(=O)C1=C(C)N=c2s/c(=C/c3cc([N+](=O)[O-])ccc3N3CCN(C)CC3)c(=O)n2[C@H]1c1cc(OC)ccc1OC. The van der Waals surface area contributed by atoms with Crippen LogP contribution in [0.1, 0.15) is 31.0 Å². The van der Waals surface area contributed by atoms with Crippen molar-refractivity contribution < 1.29 is 23.9 Å². The van der Waals surface area contributed by atoms with Crippen LogP contribution >= 0.6 is 11.3 Å².